The first kappa shape index (κ1) is 24.3. The summed E-state index contributed by atoms with van der Waals surface area (Å²) in [4.78, 5) is 27.1. The molecule has 6 nitrogen and oxygen atoms in total. The minimum Gasteiger partial charge on any atom is -0.496 e. The molecule has 2 heterocycles. The Labute approximate surface area is 210 Å². The Morgan fingerprint density at radius 2 is 1.86 bits per heavy atom. The van der Waals surface area contributed by atoms with Crippen molar-refractivity contribution in [3.05, 3.63) is 88.0 Å². The molecule has 2 aromatic carbocycles. The number of dihydropyridines is 1. The maximum absolute atomic E-state index is 15.1. The third kappa shape index (κ3) is 4.55. The molecular weight excluding hydrogens is 461 g/mol. The molecule has 7 heteroatoms. The number of halogens is 1. The van der Waals surface area contributed by atoms with Gasteiger partial charge in [-0.1, -0.05) is 36.4 Å². The molecule has 2 aromatic rings. The van der Waals surface area contributed by atoms with E-state index in [1.807, 2.05) is 24.3 Å². The van der Waals surface area contributed by atoms with Crippen LogP contribution in [0.25, 0.3) is 0 Å². The van der Waals surface area contributed by atoms with Crippen LogP contribution >= 0.6 is 0 Å². The summed E-state index contributed by atoms with van der Waals surface area (Å²) in [6.07, 6.45) is 2.41. The second kappa shape index (κ2) is 10.3. The molecular formula is C29H30FNO5. The molecule has 1 fully saturated rings. The van der Waals surface area contributed by atoms with Crippen LogP contribution in [0, 0.1) is 5.82 Å². The number of Topliss-reactive ketones (excluding diaryl/α,β-unsaturated/α-hetero) is 1. The number of carbonyl (C=O) groups excluding carboxylic acids is 2. The lowest BCUT2D eigenvalue weighted by Gasteiger charge is -2.37. The van der Waals surface area contributed by atoms with E-state index in [9.17, 15) is 9.59 Å². The van der Waals surface area contributed by atoms with Gasteiger partial charge in [-0.05, 0) is 43.9 Å². The zero-order valence-corrected chi connectivity index (χ0v) is 20.5. The number of hydrogen-bond donors (Lipinski definition) is 1. The van der Waals surface area contributed by atoms with Crippen molar-refractivity contribution in [3.63, 3.8) is 0 Å². The third-order valence-corrected chi connectivity index (χ3v) is 7.27. The number of rotatable bonds is 6. The Hall–Kier alpha value is -3.45. The minimum atomic E-state index is -0.842. The van der Waals surface area contributed by atoms with E-state index in [0.717, 1.165) is 24.2 Å². The fraction of sp³-hybridized carbons (Fsp3) is 0.379. The van der Waals surface area contributed by atoms with Crippen molar-refractivity contribution in [1.82, 2.24) is 5.32 Å². The first-order valence-electron chi connectivity index (χ1n) is 12.4. The first-order valence-corrected chi connectivity index (χ1v) is 12.4. The molecule has 0 spiro atoms. The zero-order chi connectivity index (χ0) is 25.2. The van der Waals surface area contributed by atoms with Crippen LogP contribution < -0.4 is 10.1 Å². The van der Waals surface area contributed by atoms with Crippen LogP contribution in [0.15, 0.2) is 71.1 Å². The fourth-order valence-electron chi connectivity index (χ4n) is 5.58. The molecule has 1 aliphatic carbocycles. The minimum absolute atomic E-state index is 0.0954. The molecule has 3 atom stereocenters. The molecule has 0 radical (unpaired) electrons. The molecule has 0 aromatic heterocycles. The summed E-state index contributed by atoms with van der Waals surface area (Å²) in [7, 11) is 1.61. The number of allylic oxidation sites excluding steroid dienone is 3. The number of ketones is 1. The SMILES string of the molecule is COc1ccccc1[C@H]1CC(=O)C2=C(C1)NC(C)=C(C(=O)OC[C@@H]1CCCO1)[C@H]2c1ccccc1F. The van der Waals surface area contributed by atoms with E-state index in [1.165, 1.54) is 6.07 Å². The Morgan fingerprint density at radius 3 is 2.58 bits per heavy atom. The Bertz CT molecular complexity index is 1240. The summed E-state index contributed by atoms with van der Waals surface area (Å²) < 4.78 is 31.9. The van der Waals surface area contributed by atoms with Crippen molar-refractivity contribution >= 4 is 11.8 Å². The number of esters is 1. The van der Waals surface area contributed by atoms with Gasteiger partial charge in [0.2, 0.25) is 0 Å². The molecule has 1 saturated heterocycles. The lowest BCUT2D eigenvalue weighted by molar-refractivity contribution is -0.142. The average molecular weight is 492 g/mol. The summed E-state index contributed by atoms with van der Waals surface area (Å²) in [5.74, 6) is -1.35. The number of benzene rings is 2. The van der Waals surface area contributed by atoms with Gasteiger partial charge in [0.1, 0.15) is 18.2 Å². The van der Waals surface area contributed by atoms with Crippen molar-refractivity contribution in [2.24, 2.45) is 0 Å². The van der Waals surface area contributed by atoms with E-state index >= 15 is 4.39 Å². The van der Waals surface area contributed by atoms with E-state index in [4.69, 9.17) is 14.2 Å². The maximum atomic E-state index is 15.1. The Morgan fingerprint density at radius 1 is 1.11 bits per heavy atom. The summed E-state index contributed by atoms with van der Waals surface area (Å²) >= 11 is 0. The molecule has 188 valence electrons. The van der Waals surface area contributed by atoms with Gasteiger partial charge in [-0.15, -0.1) is 0 Å². The molecule has 36 heavy (non-hydrogen) atoms. The molecule has 0 saturated carbocycles. The number of para-hydroxylation sites is 1. The van der Waals surface area contributed by atoms with Gasteiger partial charge >= 0.3 is 5.97 Å². The van der Waals surface area contributed by atoms with Crippen LogP contribution in [0.4, 0.5) is 4.39 Å². The van der Waals surface area contributed by atoms with Crippen LogP contribution in [-0.2, 0) is 19.1 Å². The Kier molecular flexibility index (Phi) is 6.92. The van der Waals surface area contributed by atoms with E-state index in [-0.39, 0.29) is 36.4 Å². The highest BCUT2D eigenvalue weighted by Crippen LogP contribution is 2.47. The molecule has 1 N–H and O–H groups in total. The monoisotopic (exact) mass is 491 g/mol. The van der Waals surface area contributed by atoms with Gasteiger partial charge in [-0.3, -0.25) is 4.79 Å². The molecule has 0 bridgehead atoms. The van der Waals surface area contributed by atoms with Crippen molar-refractivity contribution in [1.29, 1.82) is 0 Å². The normalized spacial score (nSPS) is 23.9. The average Bonchev–Trinajstić information content (AvgIpc) is 3.40. The number of carbonyl (C=O) groups is 2. The second-order valence-corrected chi connectivity index (χ2v) is 9.51. The van der Waals surface area contributed by atoms with Crippen molar-refractivity contribution < 1.29 is 28.2 Å². The molecule has 0 unspecified atom stereocenters. The predicted octanol–water partition coefficient (Wildman–Crippen LogP) is 4.92. The maximum Gasteiger partial charge on any atom is 0.336 e. The zero-order valence-electron chi connectivity index (χ0n) is 20.5. The standard InChI is InChI=1S/C29H30FNO5/c1-17-26(29(33)36-16-19-8-7-13-35-19)27(21-10-3-5-11-22(21)30)28-23(31-17)14-18(15-24(28)32)20-9-4-6-12-25(20)34-2/h3-6,9-12,18-19,27,31H,7-8,13-16H2,1-2H3/t18-,19+,27-/m1/s1. The van der Waals surface area contributed by atoms with Gasteiger partial charge in [0.05, 0.1) is 24.7 Å². The van der Waals surface area contributed by atoms with E-state index in [0.29, 0.717) is 35.6 Å². The van der Waals surface area contributed by atoms with Crippen LogP contribution in [-0.4, -0.2) is 38.2 Å². The highest BCUT2D eigenvalue weighted by Gasteiger charge is 2.42. The van der Waals surface area contributed by atoms with Crippen LogP contribution in [0.3, 0.4) is 0 Å². The number of hydrogen-bond acceptors (Lipinski definition) is 6. The number of ether oxygens (including phenoxy) is 3. The highest BCUT2D eigenvalue weighted by atomic mass is 19.1. The van der Waals surface area contributed by atoms with Crippen LogP contribution in [0.2, 0.25) is 0 Å². The van der Waals surface area contributed by atoms with Gasteiger partial charge in [-0.2, -0.15) is 0 Å². The highest BCUT2D eigenvalue weighted by molar-refractivity contribution is 6.04. The fourth-order valence-corrected chi connectivity index (χ4v) is 5.58. The van der Waals surface area contributed by atoms with Crippen LogP contribution in [0.1, 0.15) is 55.6 Å². The van der Waals surface area contributed by atoms with Gasteiger partial charge in [0, 0.05) is 41.5 Å². The number of methoxy groups -OCH3 is 1. The van der Waals surface area contributed by atoms with Gasteiger partial charge in [0.25, 0.3) is 0 Å². The quantitative estimate of drug-likeness (QED) is 0.579. The second-order valence-electron chi connectivity index (χ2n) is 9.51. The summed E-state index contributed by atoms with van der Waals surface area (Å²) in [5, 5.41) is 3.31. The first-order chi connectivity index (χ1) is 17.5. The summed E-state index contributed by atoms with van der Waals surface area (Å²) in [6, 6.07) is 14.0. The molecule has 5 rings (SSSR count). The van der Waals surface area contributed by atoms with E-state index in [1.54, 1.807) is 32.2 Å². The van der Waals surface area contributed by atoms with Gasteiger partial charge in [0.15, 0.2) is 5.78 Å². The molecule has 0 amide bonds. The topological polar surface area (TPSA) is 73.9 Å². The van der Waals surface area contributed by atoms with E-state index in [2.05, 4.69) is 5.32 Å². The Balaban J connectivity index is 1.52. The van der Waals surface area contributed by atoms with Crippen molar-refractivity contribution in [3.8, 4) is 5.75 Å². The smallest absolute Gasteiger partial charge is 0.336 e. The lowest BCUT2D eigenvalue weighted by Crippen LogP contribution is -2.36. The van der Waals surface area contributed by atoms with Crippen molar-refractivity contribution in [2.45, 2.75) is 50.5 Å². The third-order valence-electron chi connectivity index (χ3n) is 7.27. The molecule has 3 aliphatic rings. The van der Waals surface area contributed by atoms with Gasteiger partial charge in [-0.25, -0.2) is 9.18 Å². The summed E-state index contributed by atoms with van der Waals surface area (Å²) in [6.45, 7) is 2.56. The lowest BCUT2D eigenvalue weighted by atomic mass is 9.71. The molecule has 2 aliphatic heterocycles. The van der Waals surface area contributed by atoms with E-state index < -0.39 is 17.7 Å². The summed E-state index contributed by atoms with van der Waals surface area (Å²) in [5.41, 5.74) is 3.21. The predicted molar refractivity (Wildman–Crippen MR) is 132 cm³/mol. The largest absolute Gasteiger partial charge is 0.496 e. The van der Waals surface area contributed by atoms with Gasteiger partial charge < -0.3 is 19.5 Å². The van der Waals surface area contributed by atoms with Crippen LogP contribution in [0.5, 0.6) is 5.75 Å². The number of nitrogens with one attached hydrogen (secondary N) is 1. The van der Waals surface area contributed by atoms with Crippen molar-refractivity contribution in [2.75, 3.05) is 20.3 Å².